The fourth-order valence-electron chi connectivity index (χ4n) is 3.32. The van der Waals surface area contributed by atoms with E-state index < -0.39 is 23.8 Å². The molecule has 3 aromatic carbocycles. The van der Waals surface area contributed by atoms with Crippen LogP contribution in [-0.4, -0.2) is 28.8 Å². The second-order valence-electron chi connectivity index (χ2n) is 6.92. The average Bonchev–Trinajstić information content (AvgIpc) is 3.05. The van der Waals surface area contributed by atoms with E-state index in [-0.39, 0.29) is 23.5 Å². The molecule has 0 spiro atoms. The summed E-state index contributed by atoms with van der Waals surface area (Å²) in [6.07, 6.45) is -0.268. The Kier molecular flexibility index (Phi) is 5.57. The van der Waals surface area contributed by atoms with Crippen molar-refractivity contribution >= 4 is 23.7 Å². The van der Waals surface area contributed by atoms with Crippen molar-refractivity contribution in [3.8, 4) is 0 Å². The Hall–Kier alpha value is -4.26. The van der Waals surface area contributed by atoms with Gasteiger partial charge in [-0.1, -0.05) is 65.7 Å². The van der Waals surface area contributed by atoms with Crippen molar-refractivity contribution in [2.45, 2.75) is 12.5 Å². The number of hydroxylamine groups is 2. The van der Waals surface area contributed by atoms with Crippen molar-refractivity contribution in [1.29, 1.82) is 0 Å². The highest BCUT2D eigenvalue weighted by Crippen LogP contribution is 2.24. The van der Waals surface area contributed by atoms with Gasteiger partial charge in [-0.2, -0.15) is 0 Å². The van der Waals surface area contributed by atoms with Gasteiger partial charge in [-0.15, -0.1) is 0 Å². The lowest BCUT2D eigenvalue weighted by molar-refractivity contribution is -0.169. The van der Waals surface area contributed by atoms with E-state index in [0.29, 0.717) is 16.2 Å². The highest BCUT2D eigenvalue weighted by molar-refractivity contribution is 6.20. The summed E-state index contributed by atoms with van der Waals surface area (Å²) in [5.41, 5.74) is 1.48. The van der Waals surface area contributed by atoms with Crippen molar-refractivity contribution in [1.82, 2.24) is 10.4 Å². The quantitative estimate of drug-likeness (QED) is 0.625. The number of hydrogen-bond acceptors (Lipinski definition) is 5. The van der Waals surface area contributed by atoms with Gasteiger partial charge >= 0.3 is 5.97 Å². The van der Waals surface area contributed by atoms with E-state index in [1.165, 1.54) is 12.1 Å². The Morgan fingerprint density at radius 2 is 1.29 bits per heavy atom. The highest BCUT2D eigenvalue weighted by Gasteiger charge is 2.39. The summed E-state index contributed by atoms with van der Waals surface area (Å²) in [7, 11) is 0. The molecule has 1 heterocycles. The van der Waals surface area contributed by atoms with Gasteiger partial charge < -0.3 is 10.2 Å². The first kappa shape index (κ1) is 20.0. The van der Waals surface area contributed by atoms with Gasteiger partial charge in [0.1, 0.15) is 0 Å². The smallest absolute Gasteiger partial charge is 0.335 e. The van der Waals surface area contributed by atoms with Gasteiger partial charge in [-0.25, -0.2) is 4.79 Å². The Balaban J connectivity index is 1.49. The van der Waals surface area contributed by atoms with Crippen molar-refractivity contribution in [3.63, 3.8) is 0 Å². The molecule has 0 bridgehead atoms. The van der Waals surface area contributed by atoms with E-state index in [9.17, 15) is 19.2 Å². The van der Waals surface area contributed by atoms with Gasteiger partial charge in [-0.05, 0) is 29.8 Å². The van der Waals surface area contributed by atoms with Gasteiger partial charge in [0.15, 0.2) is 0 Å². The van der Waals surface area contributed by atoms with Crippen molar-refractivity contribution in [2.24, 2.45) is 0 Å². The molecule has 1 unspecified atom stereocenters. The van der Waals surface area contributed by atoms with E-state index in [1.54, 1.807) is 66.7 Å². The molecular weight excluding hydrogens is 396 g/mol. The van der Waals surface area contributed by atoms with Crippen LogP contribution in [0.15, 0.2) is 84.9 Å². The number of rotatable bonds is 6. The first-order chi connectivity index (χ1) is 15.0. The van der Waals surface area contributed by atoms with Crippen LogP contribution in [0.25, 0.3) is 0 Å². The molecule has 1 atom stereocenters. The number of imide groups is 1. The molecule has 0 radical (unpaired) electrons. The van der Waals surface area contributed by atoms with Crippen molar-refractivity contribution < 1.29 is 24.0 Å². The maximum atomic E-state index is 12.6. The monoisotopic (exact) mass is 414 g/mol. The van der Waals surface area contributed by atoms with Crippen molar-refractivity contribution in [3.05, 3.63) is 107 Å². The lowest BCUT2D eigenvalue weighted by atomic mass is 10.0. The van der Waals surface area contributed by atoms with Crippen LogP contribution in [0.4, 0.5) is 0 Å². The molecule has 31 heavy (non-hydrogen) atoms. The molecule has 0 saturated heterocycles. The summed E-state index contributed by atoms with van der Waals surface area (Å²) in [4.78, 5) is 55.2. The summed E-state index contributed by atoms with van der Waals surface area (Å²) in [6, 6.07) is 23.1. The molecule has 1 aliphatic heterocycles. The molecule has 7 nitrogen and oxygen atoms in total. The third kappa shape index (κ3) is 4.20. The first-order valence-electron chi connectivity index (χ1n) is 9.64. The number of nitrogens with zero attached hydrogens (tertiary/aromatic N) is 1. The minimum Gasteiger partial charge on any atom is -0.345 e. The van der Waals surface area contributed by atoms with Crippen LogP contribution in [0, 0.1) is 0 Å². The van der Waals surface area contributed by atoms with Gasteiger partial charge in [-0.3, -0.25) is 14.4 Å². The molecule has 4 rings (SSSR count). The average molecular weight is 414 g/mol. The highest BCUT2D eigenvalue weighted by atomic mass is 16.7. The number of hydrogen-bond donors (Lipinski definition) is 1. The summed E-state index contributed by atoms with van der Waals surface area (Å²) in [5, 5.41) is 3.28. The summed E-state index contributed by atoms with van der Waals surface area (Å²) < 4.78 is 0. The number of carbonyl (C=O) groups excluding carboxylic acids is 4. The first-order valence-corrected chi connectivity index (χ1v) is 9.64. The normalized spacial score (nSPS) is 13.5. The fourth-order valence-corrected chi connectivity index (χ4v) is 3.32. The third-order valence-corrected chi connectivity index (χ3v) is 4.86. The predicted molar refractivity (Wildman–Crippen MR) is 111 cm³/mol. The van der Waals surface area contributed by atoms with E-state index >= 15 is 0 Å². The standard InChI is InChI=1S/C24H18N2O5/c27-21(31-26-23(29)18-13-7-8-14-19(18)24(26)30)15-20(16-9-3-1-4-10-16)25-22(28)17-11-5-2-6-12-17/h1-14,20H,15H2,(H,25,28). The number of carbonyl (C=O) groups is 4. The molecule has 0 fully saturated rings. The number of fused-ring (bicyclic) bond motifs is 1. The van der Waals surface area contributed by atoms with E-state index in [2.05, 4.69) is 5.32 Å². The Bertz CT molecular complexity index is 1110. The maximum absolute atomic E-state index is 12.6. The second kappa shape index (κ2) is 8.62. The third-order valence-electron chi connectivity index (χ3n) is 4.86. The summed E-state index contributed by atoms with van der Waals surface area (Å²) >= 11 is 0. The SMILES string of the molecule is O=C(CC(NC(=O)c1ccccc1)c1ccccc1)ON1C(=O)c2ccccc2C1=O. The molecule has 0 saturated carbocycles. The Morgan fingerprint density at radius 1 is 0.774 bits per heavy atom. The molecule has 3 aromatic rings. The van der Waals surface area contributed by atoms with E-state index in [0.717, 1.165) is 0 Å². The van der Waals surface area contributed by atoms with Crippen molar-refractivity contribution in [2.75, 3.05) is 0 Å². The Morgan fingerprint density at radius 3 is 1.87 bits per heavy atom. The maximum Gasteiger partial charge on any atom is 0.335 e. The van der Waals surface area contributed by atoms with Crippen LogP contribution in [0.3, 0.4) is 0 Å². The topological polar surface area (TPSA) is 92.8 Å². The molecule has 1 aliphatic rings. The lowest BCUT2D eigenvalue weighted by Crippen LogP contribution is -2.35. The minimum absolute atomic E-state index is 0.178. The number of benzene rings is 3. The predicted octanol–water partition coefficient (Wildman–Crippen LogP) is 3.30. The van der Waals surface area contributed by atoms with Crippen LogP contribution >= 0.6 is 0 Å². The minimum atomic E-state index is -0.822. The zero-order valence-electron chi connectivity index (χ0n) is 16.4. The molecule has 7 heteroatoms. The molecular formula is C24H18N2O5. The molecule has 0 aliphatic carbocycles. The van der Waals surface area contributed by atoms with Crippen LogP contribution < -0.4 is 5.32 Å². The van der Waals surface area contributed by atoms with Crippen LogP contribution in [0.5, 0.6) is 0 Å². The van der Waals surface area contributed by atoms with Gasteiger partial charge in [0, 0.05) is 5.56 Å². The second-order valence-corrected chi connectivity index (χ2v) is 6.92. The molecule has 154 valence electrons. The van der Waals surface area contributed by atoms with Gasteiger partial charge in [0.2, 0.25) is 0 Å². The fraction of sp³-hybridized carbons (Fsp3) is 0.0833. The summed E-state index contributed by atoms with van der Waals surface area (Å²) in [6.45, 7) is 0. The van der Waals surface area contributed by atoms with Crippen LogP contribution in [0.1, 0.15) is 49.1 Å². The lowest BCUT2D eigenvalue weighted by Gasteiger charge is -2.20. The number of amides is 3. The van der Waals surface area contributed by atoms with Crippen LogP contribution in [-0.2, 0) is 9.63 Å². The zero-order valence-corrected chi connectivity index (χ0v) is 16.4. The van der Waals surface area contributed by atoms with E-state index in [1.807, 2.05) is 6.07 Å². The largest absolute Gasteiger partial charge is 0.345 e. The van der Waals surface area contributed by atoms with Crippen LogP contribution in [0.2, 0.25) is 0 Å². The zero-order chi connectivity index (χ0) is 21.8. The molecule has 3 amide bonds. The Labute approximate surface area is 178 Å². The molecule has 1 N–H and O–H groups in total. The van der Waals surface area contributed by atoms with E-state index in [4.69, 9.17) is 4.84 Å². The molecule has 0 aromatic heterocycles. The number of nitrogens with one attached hydrogen (secondary N) is 1. The summed E-state index contributed by atoms with van der Waals surface area (Å²) in [5.74, 6) is -2.57. The van der Waals surface area contributed by atoms with Gasteiger partial charge in [0.05, 0.1) is 23.6 Å². The van der Waals surface area contributed by atoms with Gasteiger partial charge in [0.25, 0.3) is 17.7 Å².